The van der Waals surface area contributed by atoms with Gasteiger partial charge in [-0.2, -0.15) is 4.89 Å². The van der Waals surface area contributed by atoms with E-state index in [-0.39, 0.29) is 6.54 Å². The van der Waals surface area contributed by atoms with Crippen molar-refractivity contribution in [3.63, 3.8) is 0 Å². The number of carbonyl (C=O) groups is 2. The fourth-order valence-corrected chi connectivity index (χ4v) is 2.34. The second-order valence-corrected chi connectivity index (χ2v) is 6.19. The van der Waals surface area contributed by atoms with Gasteiger partial charge in [0.15, 0.2) is 0 Å². The zero-order valence-electron chi connectivity index (χ0n) is 15.1. The minimum Gasteiger partial charge on any atom is -0.328 e. The van der Waals surface area contributed by atoms with Crippen LogP contribution in [0.1, 0.15) is 26.3 Å². The molecule has 0 bridgehead atoms. The number of ether oxygens (including phenoxy) is 2. The summed E-state index contributed by atoms with van der Waals surface area (Å²) in [7, 11) is 2.68. The van der Waals surface area contributed by atoms with Crippen LogP contribution >= 0.6 is 0 Å². The summed E-state index contributed by atoms with van der Waals surface area (Å²) in [4.78, 5) is 36.0. The third kappa shape index (κ3) is 4.13. The Kier molecular flexibility index (Phi) is 5.74. The maximum absolute atomic E-state index is 12.1. The zero-order chi connectivity index (χ0) is 18.7. The first-order valence-corrected chi connectivity index (χ1v) is 7.81. The molecule has 0 N–H and O–H groups in total. The highest BCUT2D eigenvalue weighted by Crippen LogP contribution is 2.29. The van der Waals surface area contributed by atoms with Gasteiger partial charge in [0, 0.05) is 25.9 Å². The molecular weight excluding hydrogens is 326 g/mol. The zero-order valence-corrected chi connectivity index (χ0v) is 15.1. The molecule has 1 aromatic rings. The molecule has 0 saturated carbocycles. The third-order valence-corrected chi connectivity index (χ3v) is 4.01. The standard InChI is InChI=1S/C18H23NO6/c1-13-11-15(20)19(16(13)21)12-18(22-4,23-5)25-24-17(2,3)14-9-7-6-8-10-14/h6-11H,12H2,1-5H3. The molecule has 2 rings (SSSR count). The average Bonchev–Trinajstić information content (AvgIpc) is 2.85. The molecule has 2 amide bonds. The number of hydrogen-bond acceptors (Lipinski definition) is 6. The van der Waals surface area contributed by atoms with Crippen molar-refractivity contribution in [3.05, 3.63) is 47.5 Å². The highest BCUT2D eigenvalue weighted by Gasteiger charge is 2.43. The first-order chi connectivity index (χ1) is 11.7. The predicted molar refractivity (Wildman–Crippen MR) is 88.9 cm³/mol. The van der Waals surface area contributed by atoms with E-state index in [1.165, 1.54) is 20.3 Å². The fourth-order valence-electron chi connectivity index (χ4n) is 2.34. The van der Waals surface area contributed by atoms with Gasteiger partial charge in [-0.1, -0.05) is 30.3 Å². The van der Waals surface area contributed by atoms with Crippen LogP contribution in [-0.2, 0) is 34.4 Å². The Morgan fingerprint density at radius 3 is 2.08 bits per heavy atom. The Bertz CT molecular complexity index is 663. The van der Waals surface area contributed by atoms with E-state index in [0.29, 0.717) is 5.57 Å². The Morgan fingerprint density at radius 1 is 1.00 bits per heavy atom. The molecule has 0 unspecified atom stereocenters. The van der Waals surface area contributed by atoms with E-state index in [1.807, 2.05) is 44.2 Å². The van der Waals surface area contributed by atoms with Crippen LogP contribution in [-0.4, -0.2) is 43.5 Å². The second-order valence-electron chi connectivity index (χ2n) is 6.19. The molecule has 0 atom stereocenters. The van der Waals surface area contributed by atoms with Crippen LogP contribution < -0.4 is 0 Å². The molecule has 7 heteroatoms. The summed E-state index contributed by atoms with van der Waals surface area (Å²) in [5, 5.41) is 0. The number of methoxy groups -OCH3 is 2. The van der Waals surface area contributed by atoms with Gasteiger partial charge >= 0.3 is 5.97 Å². The summed E-state index contributed by atoms with van der Waals surface area (Å²) in [6.07, 6.45) is 1.26. The number of carbonyl (C=O) groups excluding carboxylic acids is 2. The number of hydrogen-bond donors (Lipinski definition) is 0. The lowest BCUT2D eigenvalue weighted by Gasteiger charge is -2.35. The van der Waals surface area contributed by atoms with Crippen LogP contribution in [0, 0.1) is 0 Å². The maximum atomic E-state index is 12.1. The van der Waals surface area contributed by atoms with Crippen molar-refractivity contribution in [1.29, 1.82) is 0 Å². The molecule has 1 aromatic carbocycles. The largest absolute Gasteiger partial charge is 0.330 e. The topological polar surface area (TPSA) is 74.3 Å². The molecule has 0 fully saturated rings. The molecule has 136 valence electrons. The lowest BCUT2D eigenvalue weighted by atomic mass is 9.99. The van der Waals surface area contributed by atoms with Crippen LogP contribution in [0.5, 0.6) is 0 Å². The number of benzene rings is 1. The van der Waals surface area contributed by atoms with Crippen LogP contribution in [0.3, 0.4) is 0 Å². The van der Waals surface area contributed by atoms with Crippen molar-refractivity contribution in [1.82, 2.24) is 4.90 Å². The SMILES string of the molecule is COC(CN1C(=O)C=C(C)C1=O)(OC)OOC(C)(C)c1ccccc1. The summed E-state index contributed by atoms with van der Waals surface area (Å²) in [6, 6.07) is 9.46. The first-order valence-electron chi connectivity index (χ1n) is 7.81. The normalized spacial score (nSPS) is 15.7. The van der Waals surface area contributed by atoms with Crippen molar-refractivity contribution in [2.24, 2.45) is 0 Å². The smallest absolute Gasteiger partial charge is 0.328 e. The molecule has 25 heavy (non-hydrogen) atoms. The molecule has 1 aliphatic rings. The third-order valence-electron chi connectivity index (χ3n) is 4.01. The molecular formula is C18H23NO6. The minimum atomic E-state index is -1.74. The van der Waals surface area contributed by atoms with Gasteiger partial charge in [-0.05, 0) is 26.3 Å². The van der Waals surface area contributed by atoms with Gasteiger partial charge in [-0.25, -0.2) is 4.89 Å². The lowest BCUT2D eigenvalue weighted by Crippen LogP contribution is -2.51. The number of rotatable bonds is 8. The Morgan fingerprint density at radius 2 is 1.60 bits per heavy atom. The van der Waals surface area contributed by atoms with E-state index in [9.17, 15) is 9.59 Å². The van der Waals surface area contributed by atoms with E-state index >= 15 is 0 Å². The van der Waals surface area contributed by atoms with Crippen LogP contribution in [0.4, 0.5) is 0 Å². The molecule has 0 spiro atoms. The maximum Gasteiger partial charge on any atom is 0.330 e. The van der Waals surface area contributed by atoms with Crippen molar-refractivity contribution in [2.75, 3.05) is 20.8 Å². The summed E-state index contributed by atoms with van der Waals surface area (Å²) in [6.45, 7) is 4.93. The predicted octanol–water partition coefficient (Wildman–Crippen LogP) is 2.13. The second kappa shape index (κ2) is 7.45. The summed E-state index contributed by atoms with van der Waals surface area (Å²) < 4.78 is 10.5. The van der Waals surface area contributed by atoms with Gasteiger partial charge in [0.25, 0.3) is 11.8 Å². The van der Waals surface area contributed by atoms with Crippen LogP contribution in [0.2, 0.25) is 0 Å². The van der Waals surface area contributed by atoms with Gasteiger partial charge in [0.1, 0.15) is 12.1 Å². The molecule has 0 radical (unpaired) electrons. The minimum absolute atomic E-state index is 0.267. The van der Waals surface area contributed by atoms with E-state index < -0.39 is 23.4 Å². The van der Waals surface area contributed by atoms with E-state index in [2.05, 4.69) is 0 Å². The van der Waals surface area contributed by atoms with Gasteiger partial charge in [0.05, 0.1) is 0 Å². The lowest BCUT2D eigenvalue weighted by molar-refractivity contribution is -0.523. The van der Waals surface area contributed by atoms with Crippen LogP contribution in [0.25, 0.3) is 0 Å². The number of imide groups is 1. The average molecular weight is 349 g/mol. The van der Waals surface area contributed by atoms with Gasteiger partial charge in [-0.3, -0.25) is 14.5 Å². The van der Waals surface area contributed by atoms with Crippen molar-refractivity contribution in [2.45, 2.75) is 32.3 Å². The molecule has 7 nitrogen and oxygen atoms in total. The monoisotopic (exact) mass is 349 g/mol. The van der Waals surface area contributed by atoms with Gasteiger partial charge in [0.2, 0.25) is 0 Å². The summed E-state index contributed by atoms with van der Waals surface area (Å²) >= 11 is 0. The molecule has 0 aromatic heterocycles. The Hall–Kier alpha value is -2.06. The fraction of sp³-hybridized carbons (Fsp3) is 0.444. The van der Waals surface area contributed by atoms with Crippen molar-refractivity contribution >= 4 is 11.8 Å². The quantitative estimate of drug-likeness (QED) is 0.310. The van der Waals surface area contributed by atoms with Gasteiger partial charge < -0.3 is 9.47 Å². The first kappa shape index (κ1) is 19.3. The van der Waals surface area contributed by atoms with Crippen LogP contribution in [0.15, 0.2) is 42.0 Å². The van der Waals surface area contributed by atoms with Crippen molar-refractivity contribution in [3.8, 4) is 0 Å². The van der Waals surface area contributed by atoms with E-state index in [1.54, 1.807) is 6.92 Å². The molecule has 1 aliphatic heterocycles. The van der Waals surface area contributed by atoms with Gasteiger partial charge in [-0.15, -0.1) is 0 Å². The number of nitrogens with zero attached hydrogens (tertiary/aromatic N) is 1. The summed E-state index contributed by atoms with van der Waals surface area (Å²) in [5.74, 6) is -2.61. The number of amides is 2. The van der Waals surface area contributed by atoms with E-state index in [0.717, 1.165) is 10.5 Å². The Balaban J connectivity index is 2.12. The van der Waals surface area contributed by atoms with E-state index in [4.69, 9.17) is 19.2 Å². The highest BCUT2D eigenvalue weighted by atomic mass is 17.3. The highest BCUT2D eigenvalue weighted by molar-refractivity contribution is 6.15. The summed E-state index contributed by atoms with van der Waals surface area (Å²) in [5.41, 5.74) is 0.412. The molecule has 1 heterocycles. The molecule has 0 aliphatic carbocycles. The van der Waals surface area contributed by atoms with Crippen molar-refractivity contribution < 1.29 is 28.8 Å². The molecule has 0 saturated heterocycles. The Labute approximate surface area is 147 Å².